The van der Waals surface area contributed by atoms with Crippen LogP contribution in [0.4, 0.5) is 26.0 Å². The highest BCUT2D eigenvalue weighted by molar-refractivity contribution is 6.30. The highest BCUT2D eigenvalue weighted by Crippen LogP contribution is 2.62. The maximum atomic E-state index is 14.6. The first kappa shape index (κ1) is 22.9. The van der Waals surface area contributed by atoms with Crippen molar-refractivity contribution >= 4 is 40.6 Å². The van der Waals surface area contributed by atoms with Crippen LogP contribution in [0.25, 0.3) is 0 Å². The van der Waals surface area contributed by atoms with Crippen molar-refractivity contribution in [3.8, 4) is 0 Å². The summed E-state index contributed by atoms with van der Waals surface area (Å²) in [4.78, 5) is 21.3. The molecule has 0 amide bonds. The Hall–Kier alpha value is -2.23. The lowest BCUT2D eigenvalue weighted by Crippen LogP contribution is -2.58. The number of halogens is 4. The van der Waals surface area contributed by atoms with E-state index in [1.807, 2.05) is 23.6 Å². The van der Waals surface area contributed by atoms with Crippen molar-refractivity contribution in [1.29, 1.82) is 0 Å². The van der Waals surface area contributed by atoms with E-state index in [-0.39, 0.29) is 36.6 Å². The number of hydrogen-bond donors (Lipinski definition) is 1. The number of nitrogens with one attached hydrogen (secondary N) is 1. The molecule has 1 N–H and O–H groups in total. The van der Waals surface area contributed by atoms with Gasteiger partial charge >= 0.3 is 5.69 Å². The standard InChI is InChI=1S/C21H23Cl2F2N5O2/c1-13-10-29(17-7-8-26-19(27-23)18(17)30(31)32)14(2)9-28(13)12-20(11-21(20,24)25)15-3-5-16(22)6-4-15/h3-8,13-14H,9-12H2,1-2H3,(H,26,27)/t13-,14+,20-/m1/s1. The van der Waals surface area contributed by atoms with E-state index in [0.717, 1.165) is 0 Å². The highest BCUT2D eigenvalue weighted by Gasteiger charge is 2.72. The van der Waals surface area contributed by atoms with Gasteiger partial charge in [-0.05, 0) is 37.6 Å². The third kappa shape index (κ3) is 3.86. The van der Waals surface area contributed by atoms with Gasteiger partial charge < -0.3 is 4.90 Å². The van der Waals surface area contributed by atoms with Crippen molar-refractivity contribution in [2.45, 2.75) is 43.7 Å². The molecule has 0 unspecified atom stereocenters. The lowest BCUT2D eigenvalue weighted by Gasteiger charge is -2.46. The Morgan fingerprint density at radius 3 is 2.44 bits per heavy atom. The predicted octanol–water partition coefficient (Wildman–Crippen LogP) is 5.08. The molecule has 32 heavy (non-hydrogen) atoms. The maximum absolute atomic E-state index is 14.6. The SMILES string of the molecule is C[C@@H]1CN(c2ccnc(NCl)c2[N+](=O)[O-])[C@@H](C)CN1C[C@@]1(c2ccc(Cl)cc2)CC1(F)F. The molecule has 0 spiro atoms. The normalized spacial score (nSPS) is 27.2. The van der Waals surface area contributed by atoms with E-state index < -0.39 is 16.3 Å². The van der Waals surface area contributed by atoms with Crippen LogP contribution in [0.15, 0.2) is 36.5 Å². The van der Waals surface area contributed by atoms with E-state index in [2.05, 4.69) is 9.82 Å². The predicted molar refractivity (Wildman–Crippen MR) is 121 cm³/mol. The molecule has 0 radical (unpaired) electrons. The molecule has 1 aliphatic carbocycles. The first-order chi connectivity index (χ1) is 15.1. The fourth-order valence-corrected chi connectivity index (χ4v) is 4.97. The summed E-state index contributed by atoms with van der Waals surface area (Å²) in [5.74, 6) is -2.82. The van der Waals surface area contributed by atoms with Gasteiger partial charge in [-0.1, -0.05) is 23.7 Å². The molecule has 2 heterocycles. The van der Waals surface area contributed by atoms with E-state index >= 15 is 0 Å². The number of aromatic nitrogens is 1. The van der Waals surface area contributed by atoms with E-state index in [0.29, 0.717) is 29.4 Å². The minimum Gasteiger partial charge on any atom is -0.360 e. The molecule has 3 atom stereocenters. The van der Waals surface area contributed by atoms with Gasteiger partial charge in [0.15, 0.2) is 0 Å². The number of piperazine rings is 1. The summed E-state index contributed by atoms with van der Waals surface area (Å²) in [6, 6.07) is 7.96. The Kier molecular flexibility index (Phi) is 5.94. The molecular weight excluding hydrogens is 463 g/mol. The lowest BCUT2D eigenvalue weighted by molar-refractivity contribution is -0.383. The first-order valence-electron chi connectivity index (χ1n) is 10.2. The highest BCUT2D eigenvalue weighted by atomic mass is 35.5. The lowest BCUT2D eigenvalue weighted by atomic mass is 9.93. The van der Waals surface area contributed by atoms with Gasteiger partial charge in [-0.25, -0.2) is 13.8 Å². The van der Waals surface area contributed by atoms with Crippen molar-refractivity contribution in [2.75, 3.05) is 29.4 Å². The van der Waals surface area contributed by atoms with Crippen LogP contribution < -0.4 is 9.74 Å². The second-order valence-corrected chi connectivity index (χ2v) is 9.25. The van der Waals surface area contributed by atoms with Gasteiger partial charge in [0.25, 0.3) is 5.92 Å². The van der Waals surface area contributed by atoms with Crippen molar-refractivity contribution in [1.82, 2.24) is 9.88 Å². The molecule has 1 aromatic heterocycles. The van der Waals surface area contributed by atoms with Gasteiger partial charge in [0.1, 0.15) is 5.69 Å². The van der Waals surface area contributed by atoms with Crippen LogP contribution in [0, 0.1) is 10.1 Å². The van der Waals surface area contributed by atoms with Crippen LogP contribution in [-0.2, 0) is 5.41 Å². The topological polar surface area (TPSA) is 74.5 Å². The van der Waals surface area contributed by atoms with E-state index in [4.69, 9.17) is 23.4 Å². The number of nitro groups is 1. The van der Waals surface area contributed by atoms with Crippen LogP contribution in [0.3, 0.4) is 0 Å². The monoisotopic (exact) mass is 485 g/mol. The summed E-state index contributed by atoms with van der Waals surface area (Å²) in [5.41, 5.74) is -0.471. The number of rotatable bonds is 6. The smallest absolute Gasteiger partial charge is 0.335 e. The zero-order valence-corrected chi connectivity index (χ0v) is 19.1. The van der Waals surface area contributed by atoms with E-state index in [9.17, 15) is 18.9 Å². The van der Waals surface area contributed by atoms with Crippen LogP contribution in [0.2, 0.25) is 5.02 Å². The summed E-state index contributed by atoms with van der Waals surface area (Å²) in [7, 11) is 0. The molecule has 2 fully saturated rings. The third-order valence-electron chi connectivity index (χ3n) is 6.57. The van der Waals surface area contributed by atoms with Gasteiger partial charge in [-0.3, -0.25) is 19.9 Å². The summed E-state index contributed by atoms with van der Waals surface area (Å²) in [5, 5.41) is 12.2. The van der Waals surface area contributed by atoms with E-state index in [1.165, 1.54) is 6.20 Å². The number of benzene rings is 1. The van der Waals surface area contributed by atoms with Gasteiger partial charge in [-0.15, -0.1) is 0 Å². The maximum Gasteiger partial charge on any atom is 0.335 e. The molecule has 1 saturated carbocycles. The molecule has 2 aromatic rings. The van der Waals surface area contributed by atoms with Gasteiger partial charge in [0.2, 0.25) is 5.82 Å². The Morgan fingerprint density at radius 2 is 1.88 bits per heavy atom. The molecule has 172 valence electrons. The molecule has 7 nitrogen and oxygen atoms in total. The minimum absolute atomic E-state index is 0.0317. The van der Waals surface area contributed by atoms with Crippen molar-refractivity contribution < 1.29 is 13.7 Å². The second-order valence-electron chi connectivity index (χ2n) is 8.63. The molecule has 1 saturated heterocycles. The number of alkyl halides is 2. The van der Waals surface area contributed by atoms with Crippen LogP contribution in [-0.4, -0.2) is 52.4 Å². The molecule has 1 aliphatic heterocycles. The minimum atomic E-state index is -2.79. The second kappa shape index (κ2) is 8.28. The Bertz CT molecular complexity index is 1030. The summed E-state index contributed by atoms with van der Waals surface area (Å²) in [6.45, 7) is 5.00. The Morgan fingerprint density at radius 1 is 1.22 bits per heavy atom. The average Bonchev–Trinajstić information content (AvgIpc) is 3.31. The van der Waals surface area contributed by atoms with Gasteiger partial charge in [-0.2, -0.15) is 0 Å². The third-order valence-corrected chi connectivity index (χ3v) is 7.00. The van der Waals surface area contributed by atoms with Crippen LogP contribution in [0.1, 0.15) is 25.8 Å². The Labute approximate surface area is 194 Å². The Balaban J connectivity index is 1.58. The molecule has 2 aliphatic rings. The first-order valence-corrected chi connectivity index (χ1v) is 11.0. The number of anilines is 2. The van der Waals surface area contributed by atoms with Crippen LogP contribution >= 0.6 is 23.4 Å². The fraction of sp³-hybridized carbons (Fsp3) is 0.476. The van der Waals surface area contributed by atoms with Crippen molar-refractivity contribution in [2.24, 2.45) is 0 Å². The van der Waals surface area contributed by atoms with Gasteiger partial charge in [0.05, 0.1) is 10.3 Å². The quantitative estimate of drug-likeness (QED) is 0.349. The molecule has 11 heteroatoms. The molecule has 4 rings (SSSR count). The van der Waals surface area contributed by atoms with Gasteiger partial charge in [0, 0.05) is 61.1 Å². The molecule has 0 bridgehead atoms. The molecular formula is C21H23Cl2F2N5O2. The number of pyridine rings is 1. The summed E-state index contributed by atoms with van der Waals surface area (Å²) >= 11 is 11.6. The zero-order chi connectivity index (χ0) is 23.3. The number of nitrogens with zero attached hydrogens (tertiary/aromatic N) is 4. The van der Waals surface area contributed by atoms with Crippen molar-refractivity contribution in [3.63, 3.8) is 0 Å². The zero-order valence-electron chi connectivity index (χ0n) is 17.6. The number of hydrogen-bond acceptors (Lipinski definition) is 6. The average molecular weight is 486 g/mol. The van der Waals surface area contributed by atoms with Crippen LogP contribution in [0.5, 0.6) is 0 Å². The summed E-state index contributed by atoms with van der Waals surface area (Å²) in [6.07, 6.45) is 1.25. The largest absolute Gasteiger partial charge is 0.360 e. The fourth-order valence-electron chi connectivity index (χ4n) is 4.71. The van der Waals surface area contributed by atoms with Crippen molar-refractivity contribution in [3.05, 3.63) is 57.2 Å². The molecule has 1 aromatic carbocycles. The van der Waals surface area contributed by atoms with E-state index in [1.54, 1.807) is 30.3 Å². The summed E-state index contributed by atoms with van der Waals surface area (Å²) < 4.78 is 29.2.